The van der Waals surface area contributed by atoms with E-state index in [1.807, 2.05) is 23.6 Å². The number of pyridine rings is 1. The minimum atomic E-state index is -3.60. The van der Waals surface area contributed by atoms with Crippen LogP contribution in [0.1, 0.15) is 11.3 Å². The standard InChI is InChI=1S/C18H21N3O2S2.ClH/c19-9-3-11-21(12-8-16-5-2-13-24-16)25(22,23)18-6-1-4-15-14-20-10-7-17(15)18;/h1-2,4-7,10,13-14H,3,8-9,11-12,19H2;1H. The first-order valence-electron chi connectivity index (χ1n) is 8.18. The summed E-state index contributed by atoms with van der Waals surface area (Å²) >= 11 is 1.64. The van der Waals surface area contributed by atoms with Gasteiger partial charge in [-0.1, -0.05) is 18.2 Å². The highest BCUT2D eigenvalue weighted by molar-refractivity contribution is 7.89. The second-order valence-corrected chi connectivity index (χ2v) is 8.67. The average Bonchev–Trinajstić information content (AvgIpc) is 3.14. The highest BCUT2D eigenvalue weighted by Gasteiger charge is 2.25. The van der Waals surface area contributed by atoms with Crippen LogP contribution >= 0.6 is 23.7 Å². The van der Waals surface area contributed by atoms with Crippen molar-refractivity contribution in [2.24, 2.45) is 5.73 Å². The molecule has 0 radical (unpaired) electrons. The van der Waals surface area contributed by atoms with Crippen LogP contribution in [0, 0.1) is 0 Å². The molecule has 3 rings (SSSR count). The molecule has 0 spiro atoms. The molecular formula is C18H22ClN3O2S2. The molecule has 3 aromatic rings. The maximum absolute atomic E-state index is 13.3. The summed E-state index contributed by atoms with van der Waals surface area (Å²) in [6, 6.07) is 11.1. The van der Waals surface area contributed by atoms with Crippen LogP contribution in [-0.2, 0) is 16.4 Å². The molecule has 0 aliphatic rings. The average molecular weight is 412 g/mol. The number of rotatable bonds is 8. The van der Waals surface area contributed by atoms with E-state index < -0.39 is 10.0 Å². The molecule has 0 fully saturated rings. The molecule has 140 valence electrons. The third-order valence-electron chi connectivity index (χ3n) is 4.06. The second kappa shape index (κ2) is 9.43. The van der Waals surface area contributed by atoms with Crippen LogP contribution in [0.4, 0.5) is 0 Å². The number of benzene rings is 1. The number of hydrogen-bond donors (Lipinski definition) is 1. The van der Waals surface area contributed by atoms with Crippen LogP contribution in [0.15, 0.2) is 59.1 Å². The summed E-state index contributed by atoms with van der Waals surface area (Å²) in [5.74, 6) is 0. The Morgan fingerprint density at radius 1 is 1.12 bits per heavy atom. The molecule has 8 heteroatoms. The van der Waals surface area contributed by atoms with Gasteiger partial charge in [-0.2, -0.15) is 4.31 Å². The fraction of sp³-hybridized carbons (Fsp3) is 0.278. The number of nitrogens with two attached hydrogens (primary N) is 1. The summed E-state index contributed by atoms with van der Waals surface area (Å²) in [7, 11) is -3.60. The molecule has 0 aliphatic carbocycles. The van der Waals surface area contributed by atoms with Gasteiger partial charge >= 0.3 is 0 Å². The van der Waals surface area contributed by atoms with Crippen LogP contribution in [0.3, 0.4) is 0 Å². The van der Waals surface area contributed by atoms with Crippen molar-refractivity contribution in [3.8, 4) is 0 Å². The van der Waals surface area contributed by atoms with E-state index in [-0.39, 0.29) is 12.4 Å². The third-order valence-corrected chi connectivity index (χ3v) is 6.95. The fourth-order valence-corrected chi connectivity index (χ4v) is 5.16. The van der Waals surface area contributed by atoms with E-state index in [1.165, 1.54) is 4.88 Å². The van der Waals surface area contributed by atoms with Gasteiger partial charge in [-0.05, 0) is 43.0 Å². The highest BCUT2D eigenvalue weighted by Crippen LogP contribution is 2.25. The molecule has 1 aromatic carbocycles. The van der Waals surface area contributed by atoms with Crippen molar-refractivity contribution in [3.63, 3.8) is 0 Å². The topological polar surface area (TPSA) is 76.3 Å². The first-order valence-corrected chi connectivity index (χ1v) is 10.5. The summed E-state index contributed by atoms with van der Waals surface area (Å²) < 4.78 is 28.1. The summed E-state index contributed by atoms with van der Waals surface area (Å²) in [6.07, 6.45) is 4.64. The molecular weight excluding hydrogens is 390 g/mol. The zero-order valence-corrected chi connectivity index (χ0v) is 16.7. The minimum absolute atomic E-state index is 0. The Labute approximate surface area is 164 Å². The molecule has 0 saturated heterocycles. The fourth-order valence-electron chi connectivity index (χ4n) is 2.77. The number of fused-ring (bicyclic) bond motifs is 1. The first-order chi connectivity index (χ1) is 12.1. The molecule has 0 atom stereocenters. The Balaban J connectivity index is 0.00000243. The van der Waals surface area contributed by atoms with Crippen molar-refractivity contribution in [2.45, 2.75) is 17.7 Å². The van der Waals surface area contributed by atoms with Gasteiger partial charge in [0.05, 0.1) is 4.90 Å². The maximum atomic E-state index is 13.3. The van der Waals surface area contributed by atoms with E-state index >= 15 is 0 Å². The van der Waals surface area contributed by atoms with Gasteiger partial charge in [0.2, 0.25) is 10.0 Å². The van der Waals surface area contributed by atoms with Crippen LogP contribution < -0.4 is 5.73 Å². The van der Waals surface area contributed by atoms with Gasteiger partial charge in [0.25, 0.3) is 0 Å². The van der Waals surface area contributed by atoms with Gasteiger partial charge in [-0.15, -0.1) is 23.7 Å². The summed E-state index contributed by atoms with van der Waals surface area (Å²) in [5.41, 5.74) is 5.61. The largest absolute Gasteiger partial charge is 0.330 e. The monoisotopic (exact) mass is 411 g/mol. The zero-order valence-electron chi connectivity index (χ0n) is 14.2. The maximum Gasteiger partial charge on any atom is 0.243 e. The van der Waals surface area contributed by atoms with E-state index in [4.69, 9.17) is 5.73 Å². The van der Waals surface area contributed by atoms with Crippen LogP contribution in [-0.4, -0.2) is 37.3 Å². The smallest absolute Gasteiger partial charge is 0.243 e. The number of thiophene rings is 1. The number of sulfonamides is 1. The van der Waals surface area contributed by atoms with Crippen molar-refractivity contribution >= 4 is 44.5 Å². The molecule has 0 saturated carbocycles. The number of halogens is 1. The quantitative estimate of drug-likeness (QED) is 0.617. The predicted octanol–water partition coefficient (Wildman–Crippen LogP) is 3.30. The lowest BCUT2D eigenvalue weighted by atomic mass is 10.2. The molecule has 0 amide bonds. The number of hydrogen-bond acceptors (Lipinski definition) is 5. The third kappa shape index (κ3) is 4.61. The van der Waals surface area contributed by atoms with E-state index in [0.29, 0.717) is 42.8 Å². The number of aromatic nitrogens is 1. The van der Waals surface area contributed by atoms with Gasteiger partial charge in [-0.3, -0.25) is 4.98 Å². The van der Waals surface area contributed by atoms with Crippen LogP contribution in [0.2, 0.25) is 0 Å². The molecule has 2 aromatic heterocycles. The van der Waals surface area contributed by atoms with E-state index in [9.17, 15) is 8.42 Å². The van der Waals surface area contributed by atoms with E-state index in [0.717, 1.165) is 5.39 Å². The first kappa shape index (κ1) is 20.8. The van der Waals surface area contributed by atoms with Gasteiger partial charge in [0, 0.05) is 41.1 Å². The number of nitrogens with zero attached hydrogens (tertiary/aromatic N) is 2. The molecule has 2 heterocycles. The Hall–Kier alpha value is -1.51. The molecule has 0 bridgehead atoms. The van der Waals surface area contributed by atoms with Crippen molar-refractivity contribution in [1.29, 1.82) is 0 Å². The zero-order chi connectivity index (χ0) is 17.7. The van der Waals surface area contributed by atoms with Gasteiger partial charge in [0.15, 0.2) is 0 Å². The summed E-state index contributed by atoms with van der Waals surface area (Å²) in [4.78, 5) is 5.58. The van der Waals surface area contributed by atoms with Crippen LogP contribution in [0.25, 0.3) is 10.8 Å². The second-order valence-electron chi connectivity index (χ2n) is 5.73. The Bertz CT molecular complexity index is 925. The van der Waals surface area contributed by atoms with Crippen molar-refractivity contribution < 1.29 is 8.42 Å². The van der Waals surface area contributed by atoms with Crippen molar-refractivity contribution in [2.75, 3.05) is 19.6 Å². The van der Waals surface area contributed by atoms with Crippen LogP contribution in [0.5, 0.6) is 0 Å². The lowest BCUT2D eigenvalue weighted by molar-refractivity contribution is 0.411. The van der Waals surface area contributed by atoms with Crippen molar-refractivity contribution in [3.05, 3.63) is 59.0 Å². The summed E-state index contributed by atoms with van der Waals surface area (Å²) in [5, 5.41) is 3.53. The lowest BCUT2D eigenvalue weighted by Gasteiger charge is -2.22. The van der Waals surface area contributed by atoms with Crippen molar-refractivity contribution in [1.82, 2.24) is 9.29 Å². The normalized spacial score (nSPS) is 11.6. The molecule has 0 unspecified atom stereocenters. The summed E-state index contributed by atoms with van der Waals surface area (Å²) in [6.45, 7) is 1.33. The SMILES string of the molecule is Cl.NCCCN(CCc1cccs1)S(=O)(=O)c1cccc2cnccc12. The van der Waals surface area contributed by atoms with E-state index in [1.54, 1.807) is 46.2 Å². The Morgan fingerprint density at radius 2 is 1.96 bits per heavy atom. The molecule has 0 aliphatic heterocycles. The minimum Gasteiger partial charge on any atom is -0.330 e. The molecule has 2 N–H and O–H groups in total. The predicted molar refractivity (Wildman–Crippen MR) is 109 cm³/mol. The Morgan fingerprint density at radius 3 is 2.69 bits per heavy atom. The Kier molecular flexibility index (Phi) is 7.55. The van der Waals surface area contributed by atoms with Gasteiger partial charge in [-0.25, -0.2) is 8.42 Å². The van der Waals surface area contributed by atoms with Gasteiger partial charge < -0.3 is 5.73 Å². The van der Waals surface area contributed by atoms with Gasteiger partial charge in [0.1, 0.15) is 0 Å². The van der Waals surface area contributed by atoms with E-state index in [2.05, 4.69) is 4.98 Å². The highest BCUT2D eigenvalue weighted by atomic mass is 35.5. The molecule has 5 nitrogen and oxygen atoms in total. The molecule has 26 heavy (non-hydrogen) atoms. The lowest BCUT2D eigenvalue weighted by Crippen LogP contribution is -2.34.